The highest BCUT2D eigenvalue weighted by molar-refractivity contribution is 8.01. The van der Waals surface area contributed by atoms with E-state index in [0.717, 1.165) is 25.3 Å². The predicted molar refractivity (Wildman–Crippen MR) is 75.0 cm³/mol. The summed E-state index contributed by atoms with van der Waals surface area (Å²) in [5, 5.41) is -0.286. The van der Waals surface area contributed by atoms with Crippen LogP contribution in [-0.2, 0) is 9.84 Å². The van der Waals surface area contributed by atoms with E-state index in [2.05, 4.69) is 11.8 Å². The van der Waals surface area contributed by atoms with Crippen LogP contribution >= 0.6 is 11.8 Å². The van der Waals surface area contributed by atoms with Crippen LogP contribution in [0.25, 0.3) is 0 Å². The minimum Gasteiger partial charge on any atom is -0.330 e. The maximum atomic E-state index is 12.0. The van der Waals surface area contributed by atoms with Crippen LogP contribution in [0.3, 0.4) is 0 Å². The first-order chi connectivity index (χ1) is 8.01. The van der Waals surface area contributed by atoms with Crippen LogP contribution in [0.1, 0.15) is 20.3 Å². The van der Waals surface area contributed by atoms with Gasteiger partial charge in [-0.1, -0.05) is 13.8 Å². The van der Waals surface area contributed by atoms with Crippen LogP contribution < -0.4 is 5.73 Å². The van der Waals surface area contributed by atoms with E-state index >= 15 is 0 Å². The van der Waals surface area contributed by atoms with Gasteiger partial charge in [0.2, 0.25) is 0 Å². The van der Waals surface area contributed by atoms with E-state index in [1.807, 2.05) is 0 Å². The molecule has 1 heterocycles. The van der Waals surface area contributed by atoms with Gasteiger partial charge in [0, 0.05) is 30.3 Å². The highest BCUT2D eigenvalue weighted by atomic mass is 32.2. The standard InChI is InChI=1S/C11H24N2O2S2/c1-3-17(14,15)11-9-16-7-6-13(11)8-10(2)4-5-12/h10-11H,3-9,12H2,1-2H3. The van der Waals surface area contributed by atoms with Crippen LogP contribution in [0.15, 0.2) is 0 Å². The fourth-order valence-corrected chi connectivity index (χ4v) is 5.21. The molecular weight excluding hydrogens is 256 g/mol. The average Bonchev–Trinajstić information content (AvgIpc) is 2.30. The Morgan fingerprint density at radius 1 is 1.53 bits per heavy atom. The summed E-state index contributed by atoms with van der Waals surface area (Å²) in [6.07, 6.45) is 0.961. The number of nitrogens with zero attached hydrogens (tertiary/aromatic N) is 1. The van der Waals surface area contributed by atoms with Gasteiger partial charge in [-0.25, -0.2) is 8.42 Å². The molecule has 0 saturated carbocycles. The van der Waals surface area contributed by atoms with Crippen molar-refractivity contribution in [3.8, 4) is 0 Å². The topological polar surface area (TPSA) is 63.4 Å². The summed E-state index contributed by atoms with van der Waals surface area (Å²) in [4.78, 5) is 2.13. The molecular formula is C11H24N2O2S2. The molecule has 4 nitrogen and oxygen atoms in total. The zero-order valence-corrected chi connectivity index (χ0v) is 12.4. The number of thioether (sulfide) groups is 1. The molecule has 0 aromatic heterocycles. The van der Waals surface area contributed by atoms with E-state index in [1.165, 1.54) is 0 Å². The van der Waals surface area contributed by atoms with Crippen molar-refractivity contribution in [1.82, 2.24) is 4.90 Å². The molecule has 2 atom stereocenters. The highest BCUT2D eigenvalue weighted by Gasteiger charge is 2.33. The van der Waals surface area contributed by atoms with Gasteiger partial charge in [0.1, 0.15) is 5.37 Å². The van der Waals surface area contributed by atoms with Gasteiger partial charge < -0.3 is 5.73 Å². The van der Waals surface area contributed by atoms with Crippen molar-refractivity contribution < 1.29 is 8.42 Å². The van der Waals surface area contributed by atoms with Crippen molar-refractivity contribution in [2.24, 2.45) is 11.7 Å². The van der Waals surface area contributed by atoms with Crippen LogP contribution in [-0.4, -0.2) is 55.6 Å². The number of hydrogen-bond donors (Lipinski definition) is 1. The maximum absolute atomic E-state index is 12.0. The van der Waals surface area contributed by atoms with Gasteiger partial charge in [-0.3, -0.25) is 4.90 Å². The van der Waals surface area contributed by atoms with Crippen molar-refractivity contribution in [3.63, 3.8) is 0 Å². The van der Waals surface area contributed by atoms with E-state index in [-0.39, 0.29) is 11.1 Å². The van der Waals surface area contributed by atoms with Crippen LogP contribution in [0.4, 0.5) is 0 Å². The van der Waals surface area contributed by atoms with Crippen molar-refractivity contribution in [2.75, 3.05) is 36.9 Å². The van der Waals surface area contributed by atoms with E-state index in [1.54, 1.807) is 18.7 Å². The van der Waals surface area contributed by atoms with Crippen molar-refractivity contribution in [1.29, 1.82) is 0 Å². The van der Waals surface area contributed by atoms with E-state index in [4.69, 9.17) is 5.73 Å². The average molecular weight is 280 g/mol. The second kappa shape index (κ2) is 6.97. The zero-order chi connectivity index (χ0) is 12.9. The molecule has 0 bridgehead atoms. The molecule has 1 rings (SSSR count). The highest BCUT2D eigenvalue weighted by Crippen LogP contribution is 2.22. The van der Waals surface area contributed by atoms with Crippen molar-refractivity contribution >= 4 is 21.6 Å². The normalized spacial score (nSPS) is 24.8. The Balaban J connectivity index is 2.66. The van der Waals surface area contributed by atoms with Gasteiger partial charge in [0.15, 0.2) is 9.84 Å². The third-order valence-corrected chi connectivity index (χ3v) is 6.55. The summed E-state index contributed by atoms with van der Waals surface area (Å²) in [5.41, 5.74) is 5.54. The molecule has 6 heteroatoms. The smallest absolute Gasteiger partial charge is 0.166 e. The zero-order valence-electron chi connectivity index (χ0n) is 10.8. The minimum absolute atomic E-state index is 0.236. The summed E-state index contributed by atoms with van der Waals surface area (Å²) >= 11 is 1.74. The molecule has 1 fully saturated rings. The van der Waals surface area contributed by atoms with E-state index in [0.29, 0.717) is 18.2 Å². The van der Waals surface area contributed by atoms with Gasteiger partial charge in [0.25, 0.3) is 0 Å². The Labute approximate surface area is 109 Å². The van der Waals surface area contributed by atoms with Crippen LogP contribution in [0.5, 0.6) is 0 Å². The number of hydrogen-bond acceptors (Lipinski definition) is 5. The van der Waals surface area contributed by atoms with Crippen molar-refractivity contribution in [3.05, 3.63) is 0 Å². The lowest BCUT2D eigenvalue weighted by Gasteiger charge is -2.36. The van der Waals surface area contributed by atoms with Crippen LogP contribution in [0, 0.1) is 5.92 Å². The van der Waals surface area contributed by atoms with Crippen molar-refractivity contribution in [2.45, 2.75) is 25.6 Å². The molecule has 1 aliphatic heterocycles. The second-order valence-corrected chi connectivity index (χ2v) is 8.26. The number of sulfone groups is 1. The number of rotatable bonds is 6. The Hall–Kier alpha value is 0.220. The van der Waals surface area contributed by atoms with Gasteiger partial charge in [0.05, 0.1) is 0 Å². The van der Waals surface area contributed by atoms with E-state index < -0.39 is 9.84 Å². The molecule has 0 amide bonds. The molecule has 102 valence electrons. The van der Waals surface area contributed by atoms with Gasteiger partial charge >= 0.3 is 0 Å². The monoisotopic (exact) mass is 280 g/mol. The van der Waals surface area contributed by atoms with Gasteiger partial charge in [-0.05, 0) is 18.9 Å². The molecule has 0 aromatic carbocycles. The first kappa shape index (κ1) is 15.3. The fourth-order valence-electron chi connectivity index (χ4n) is 2.12. The molecule has 0 radical (unpaired) electrons. The largest absolute Gasteiger partial charge is 0.330 e. The lowest BCUT2D eigenvalue weighted by molar-refractivity contribution is 0.229. The minimum atomic E-state index is -2.96. The molecule has 2 unspecified atom stereocenters. The molecule has 0 aliphatic carbocycles. The summed E-state index contributed by atoms with van der Waals surface area (Å²) < 4.78 is 24.0. The third kappa shape index (κ3) is 4.43. The SMILES string of the molecule is CCS(=O)(=O)C1CSCCN1CC(C)CCN. The quantitative estimate of drug-likeness (QED) is 0.779. The first-order valence-electron chi connectivity index (χ1n) is 6.24. The predicted octanol–water partition coefficient (Wildman–Crippen LogP) is 0.781. The number of nitrogens with two attached hydrogens (primary N) is 1. The molecule has 0 spiro atoms. The first-order valence-corrected chi connectivity index (χ1v) is 9.11. The lowest BCUT2D eigenvalue weighted by Crippen LogP contribution is -2.49. The third-order valence-electron chi connectivity index (χ3n) is 3.21. The van der Waals surface area contributed by atoms with Gasteiger partial charge in [-0.2, -0.15) is 11.8 Å². The van der Waals surface area contributed by atoms with E-state index in [9.17, 15) is 8.42 Å². The van der Waals surface area contributed by atoms with Gasteiger partial charge in [-0.15, -0.1) is 0 Å². The van der Waals surface area contributed by atoms with Crippen LogP contribution in [0.2, 0.25) is 0 Å². The molecule has 1 aliphatic rings. The Morgan fingerprint density at radius 2 is 2.24 bits per heavy atom. The summed E-state index contributed by atoms with van der Waals surface area (Å²) in [6.45, 7) is 6.28. The summed E-state index contributed by atoms with van der Waals surface area (Å²) in [5.74, 6) is 2.45. The molecule has 0 aromatic rings. The Kier molecular flexibility index (Phi) is 6.26. The Morgan fingerprint density at radius 3 is 2.82 bits per heavy atom. The fraction of sp³-hybridized carbons (Fsp3) is 1.00. The summed E-state index contributed by atoms with van der Waals surface area (Å²) in [6, 6.07) is 0. The lowest BCUT2D eigenvalue weighted by atomic mass is 10.1. The molecule has 2 N–H and O–H groups in total. The summed E-state index contributed by atoms with van der Waals surface area (Å²) in [7, 11) is -2.96. The Bertz CT molecular complexity index is 319. The maximum Gasteiger partial charge on any atom is 0.166 e. The second-order valence-electron chi connectivity index (χ2n) is 4.66. The molecule has 17 heavy (non-hydrogen) atoms. The molecule has 1 saturated heterocycles.